The summed E-state index contributed by atoms with van der Waals surface area (Å²) in [6, 6.07) is 15.8. The number of urea groups is 1. The number of piperidine rings is 1. The number of halogens is 1. The van der Waals surface area contributed by atoms with Crippen LogP contribution in [0.15, 0.2) is 54.6 Å². The van der Waals surface area contributed by atoms with Gasteiger partial charge in [0.05, 0.1) is 6.54 Å². The monoisotopic (exact) mass is 384 g/mol. The van der Waals surface area contributed by atoms with Crippen molar-refractivity contribution in [1.82, 2.24) is 16.0 Å². The van der Waals surface area contributed by atoms with E-state index in [9.17, 15) is 14.0 Å². The lowest BCUT2D eigenvalue weighted by Crippen LogP contribution is -2.48. The summed E-state index contributed by atoms with van der Waals surface area (Å²) >= 11 is 0. The van der Waals surface area contributed by atoms with Gasteiger partial charge >= 0.3 is 6.03 Å². The molecule has 0 spiro atoms. The van der Waals surface area contributed by atoms with Crippen LogP contribution in [0, 0.1) is 5.82 Å². The van der Waals surface area contributed by atoms with Crippen LogP contribution in [0.2, 0.25) is 0 Å². The van der Waals surface area contributed by atoms with E-state index in [0.29, 0.717) is 0 Å². The maximum absolute atomic E-state index is 12.8. The number of anilines is 1. The van der Waals surface area contributed by atoms with E-state index in [2.05, 4.69) is 33.0 Å². The highest BCUT2D eigenvalue weighted by Crippen LogP contribution is 2.19. The van der Waals surface area contributed by atoms with Gasteiger partial charge in [0.15, 0.2) is 0 Å². The molecular weight excluding hydrogens is 359 g/mol. The molecule has 148 valence electrons. The van der Waals surface area contributed by atoms with Crippen LogP contribution in [-0.4, -0.2) is 37.6 Å². The van der Waals surface area contributed by atoms with Crippen molar-refractivity contribution in [2.75, 3.05) is 24.5 Å². The molecule has 1 heterocycles. The van der Waals surface area contributed by atoms with Gasteiger partial charge in [0.25, 0.3) is 0 Å². The third-order valence-corrected chi connectivity index (χ3v) is 4.76. The van der Waals surface area contributed by atoms with Gasteiger partial charge in [-0.2, -0.15) is 0 Å². The molecule has 0 aliphatic carbocycles. The molecule has 3 rings (SSSR count). The Bertz CT molecular complexity index is 775. The SMILES string of the molecule is O=C(CNC(=O)NCc1ccc(F)cc1)NC1CCN(c2ccccc2)CC1. The molecule has 3 amide bonds. The molecule has 0 aromatic heterocycles. The summed E-state index contributed by atoms with van der Waals surface area (Å²) in [6.45, 7) is 1.97. The van der Waals surface area contributed by atoms with Gasteiger partial charge in [-0.25, -0.2) is 9.18 Å². The molecule has 0 unspecified atom stereocenters. The predicted octanol–water partition coefficient (Wildman–Crippen LogP) is 2.41. The van der Waals surface area contributed by atoms with Crippen LogP contribution in [0.5, 0.6) is 0 Å². The highest BCUT2D eigenvalue weighted by molar-refractivity contribution is 5.84. The molecule has 0 radical (unpaired) electrons. The molecule has 0 saturated carbocycles. The highest BCUT2D eigenvalue weighted by atomic mass is 19.1. The Hall–Kier alpha value is -3.09. The fourth-order valence-corrected chi connectivity index (χ4v) is 3.21. The Morgan fingerprint density at radius 1 is 0.964 bits per heavy atom. The fraction of sp³-hybridized carbons (Fsp3) is 0.333. The van der Waals surface area contributed by atoms with Crippen molar-refractivity contribution >= 4 is 17.6 Å². The summed E-state index contributed by atoms with van der Waals surface area (Å²) in [6.07, 6.45) is 1.74. The molecule has 28 heavy (non-hydrogen) atoms. The van der Waals surface area contributed by atoms with Crippen molar-refractivity contribution in [3.8, 4) is 0 Å². The largest absolute Gasteiger partial charge is 0.371 e. The standard InChI is InChI=1S/C21H25FN4O2/c22-17-8-6-16(7-9-17)14-23-21(28)24-15-20(27)25-18-10-12-26(13-11-18)19-4-2-1-3-5-19/h1-9,18H,10-15H2,(H,25,27)(H2,23,24,28). The summed E-state index contributed by atoms with van der Waals surface area (Å²) < 4.78 is 12.8. The lowest BCUT2D eigenvalue weighted by atomic mass is 10.0. The number of hydrogen-bond donors (Lipinski definition) is 3. The number of benzene rings is 2. The summed E-state index contributed by atoms with van der Waals surface area (Å²) in [5, 5.41) is 8.16. The summed E-state index contributed by atoms with van der Waals surface area (Å²) in [4.78, 5) is 26.2. The number of rotatable bonds is 6. The molecule has 2 aromatic carbocycles. The second-order valence-electron chi connectivity index (χ2n) is 6.83. The van der Waals surface area contributed by atoms with Gasteiger partial charge in [-0.15, -0.1) is 0 Å². The number of amides is 3. The van der Waals surface area contributed by atoms with Crippen molar-refractivity contribution < 1.29 is 14.0 Å². The maximum atomic E-state index is 12.8. The molecule has 1 aliphatic rings. The molecule has 6 nitrogen and oxygen atoms in total. The van der Waals surface area contributed by atoms with Crippen LogP contribution in [-0.2, 0) is 11.3 Å². The average Bonchev–Trinajstić information content (AvgIpc) is 2.73. The van der Waals surface area contributed by atoms with Gasteiger partial charge in [0.2, 0.25) is 5.91 Å². The Balaban J connectivity index is 1.32. The lowest BCUT2D eigenvalue weighted by Gasteiger charge is -2.34. The van der Waals surface area contributed by atoms with Gasteiger partial charge in [-0.05, 0) is 42.7 Å². The number of hydrogen-bond acceptors (Lipinski definition) is 3. The van der Waals surface area contributed by atoms with Crippen molar-refractivity contribution in [2.45, 2.75) is 25.4 Å². The Labute approximate surface area is 164 Å². The number of nitrogens with zero attached hydrogens (tertiary/aromatic N) is 1. The molecule has 0 atom stereocenters. The van der Waals surface area contributed by atoms with Gasteiger partial charge in [0, 0.05) is 31.4 Å². The van der Waals surface area contributed by atoms with Crippen LogP contribution in [0.4, 0.5) is 14.9 Å². The van der Waals surface area contributed by atoms with Crippen molar-refractivity contribution in [3.05, 3.63) is 66.0 Å². The minimum absolute atomic E-state index is 0.0752. The molecular formula is C21H25FN4O2. The maximum Gasteiger partial charge on any atom is 0.315 e. The van der Waals surface area contributed by atoms with E-state index in [1.165, 1.54) is 17.8 Å². The van der Waals surface area contributed by atoms with Gasteiger partial charge in [-0.1, -0.05) is 30.3 Å². The fourth-order valence-electron chi connectivity index (χ4n) is 3.21. The predicted molar refractivity (Wildman–Crippen MR) is 106 cm³/mol. The quantitative estimate of drug-likeness (QED) is 0.716. The van der Waals surface area contributed by atoms with Crippen LogP contribution in [0.1, 0.15) is 18.4 Å². The lowest BCUT2D eigenvalue weighted by molar-refractivity contribution is -0.120. The van der Waals surface area contributed by atoms with Crippen molar-refractivity contribution in [1.29, 1.82) is 0 Å². The third kappa shape index (κ3) is 5.97. The van der Waals surface area contributed by atoms with Crippen LogP contribution >= 0.6 is 0 Å². The van der Waals surface area contributed by atoms with E-state index in [4.69, 9.17) is 0 Å². The minimum Gasteiger partial charge on any atom is -0.371 e. The van der Waals surface area contributed by atoms with Crippen molar-refractivity contribution in [3.63, 3.8) is 0 Å². The molecule has 2 aromatic rings. The van der Waals surface area contributed by atoms with Crippen LogP contribution < -0.4 is 20.9 Å². The molecule has 3 N–H and O–H groups in total. The van der Waals surface area contributed by atoms with E-state index in [-0.39, 0.29) is 30.9 Å². The molecule has 1 fully saturated rings. The molecule has 0 bridgehead atoms. The van der Waals surface area contributed by atoms with E-state index in [0.717, 1.165) is 31.5 Å². The van der Waals surface area contributed by atoms with Crippen LogP contribution in [0.25, 0.3) is 0 Å². The first-order valence-electron chi connectivity index (χ1n) is 9.45. The Morgan fingerprint density at radius 3 is 2.32 bits per heavy atom. The number of carbonyl (C=O) groups is 2. The Kier molecular flexibility index (Phi) is 6.84. The first kappa shape index (κ1) is 19.7. The minimum atomic E-state index is -0.432. The van der Waals surface area contributed by atoms with E-state index < -0.39 is 6.03 Å². The van der Waals surface area contributed by atoms with E-state index in [1.807, 2.05) is 18.2 Å². The number of nitrogens with one attached hydrogen (secondary N) is 3. The van der Waals surface area contributed by atoms with E-state index in [1.54, 1.807) is 12.1 Å². The first-order valence-corrected chi connectivity index (χ1v) is 9.45. The van der Waals surface area contributed by atoms with Crippen LogP contribution in [0.3, 0.4) is 0 Å². The van der Waals surface area contributed by atoms with Gasteiger partial charge in [0.1, 0.15) is 5.82 Å². The zero-order valence-electron chi connectivity index (χ0n) is 15.7. The second kappa shape index (κ2) is 9.73. The topological polar surface area (TPSA) is 73.5 Å². The van der Waals surface area contributed by atoms with Gasteiger partial charge < -0.3 is 20.9 Å². The zero-order chi connectivity index (χ0) is 19.8. The van der Waals surface area contributed by atoms with Gasteiger partial charge in [-0.3, -0.25) is 4.79 Å². The summed E-state index contributed by atoms with van der Waals surface area (Å²) in [5.41, 5.74) is 1.98. The third-order valence-electron chi connectivity index (χ3n) is 4.76. The smallest absolute Gasteiger partial charge is 0.315 e. The first-order chi connectivity index (χ1) is 13.6. The van der Waals surface area contributed by atoms with Crippen molar-refractivity contribution in [2.24, 2.45) is 0 Å². The average molecular weight is 384 g/mol. The molecule has 1 saturated heterocycles. The normalized spacial score (nSPS) is 14.4. The van der Waals surface area contributed by atoms with E-state index >= 15 is 0 Å². The summed E-state index contributed by atoms with van der Waals surface area (Å²) in [7, 11) is 0. The summed E-state index contributed by atoms with van der Waals surface area (Å²) in [5.74, 6) is -0.519. The zero-order valence-corrected chi connectivity index (χ0v) is 15.7. The number of para-hydroxylation sites is 1. The Morgan fingerprint density at radius 2 is 1.64 bits per heavy atom. The molecule has 1 aliphatic heterocycles. The highest BCUT2D eigenvalue weighted by Gasteiger charge is 2.20. The second-order valence-corrected chi connectivity index (χ2v) is 6.83. The number of carbonyl (C=O) groups excluding carboxylic acids is 2. The molecule has 7 heteroatoms.